The Morgan fingerprint density at radius 3 is 2.36 bits per heavy atom. The summed E-state index contributed by atoms with van der Waals surface area (Å²) in [6, 6.07) is 11.6. The van der Waals surface area contributed by atoms with E-state index >= 15 is 0 Å². The van der Waals surface area contributed by atoms with Crippen LogP contribution in [0.4, 0.5) is 5.69 Å². The van der Waals surface area contributed by atoms with Gasteiger partial charge in [0.05, 0.1) is 17.8 Å². The van der Waals surface area contributed by atoms with Gasteiger partial charge in [-0.3, -0.25) is 4.98 Å². The summed E-state index contributed by atoms with van der Waals surface area (Å²) < 4.78 is 11.8. The standard InChI is InChI=1S/C12H10N2O.C8H10O.Al/c1-7-6-8(2)14-12-10(15)5-4-9(13-3)11(7)12;1-6-4-3-5-7(2)8(6)9;/h4-6,15H,1-2H3;3-5,9H,1-2H3;/q;;+2/p-2. The Balaban J connectivity index is 1.91. The fourth-order valence-corrected chi connectivity index (χ4v) is 3.76. The van der Waals surface area contributed by atoms with Crippen molar-refractivity contribution < 1.29 is 7.58 Å². The Morgan fingerprint density at radius 2 is 1.68 bits per heavy atom. The fourth-order valence-electron chi connectivity index (χ4n) is 2.95. The normalized spacial score (nSPS) is 10.4. The second-order valence-corrected chi connectivity index (χ2v) is 6.72. The highest BCUT2D eigenvalue weighted by molar-refractivity contribution is 6.21. The molecule has 0 spiro atoms. The van der Waals surface area contributed by atoms with E-state index in [4.69, 9.17) is 14.1 Å². The predicted molar refractivity (Wildman–Crippen MR) is 100 cm³/mol. The van der Waals surface area contributed by atoms with E-state index in [1.54, 1.807) is 6.07 Å². The minimum Gasteiger partial charge on any atom is -0.615 e. The molecule has 5 heteroatoms. The van der Waals surface area contributed by atoms with Crippen LogP contribution in [0.2, 0.25) is 0 Å². The van der Waals surface area contributed by atoms with Gasteiger partial charge in [0.25, 0.3) is 0 Å². The van der Waals surface area contributed by atoms with Gasteiger partial charge >= 0.3 is 15.9 Å². The summed E-state index contributed by atoms with van der Waals surface area (Å²) >= 11 is -0.730. The molecule has 0 amide bonds. The molecular weight excluding hydrogens is 327 g/mol. The first-order valence-electron chi connectivity index (χ1n) is 8.01. The van der Waals surface area contributed by atoms with Crippen LogP contribution in [-0.2, 0) is 0 Å². The average molecular weight is 345 g/mol. The number of fused-ring (bicyclic) bond motifs is 1. The van der Waals surface area contributed by atoms with Crippen LogP contribution in [0, 0.1) is 34.3 Å². The first-order chi connectivity index (χ1) is 12.0. The molecule has 0 saturated heterocycles. The number of rotatable bonds is 4. The molecule has 3 rings (SSSR count). The van der Waals surface area contributed by atoms with Gasteiger partial charge in [0.1, 0.15) is 5.75 Å². The Labute approximate surface area is 154 Å². The van der Waals surface area contributed by atoms with E-state index in [-0.39, 0.29) is 0 Å². The molecule has 25 heavy (non-hydrogen) atoms. The third-order valence-corrected chi connectivity index (χ3v) is 4.78. The number of aryl methyl sites for hydroxylation is 4. The summed E-state index contributed by atoms with van der Waals surface area (Å²) in [6.45, 7) is 15.4. The number of nitrogens with zero attached hydrogens (tertiary/aromatic N) is 2. The lowest BCUT2D eigenvalue weighted by molar-refractivity contribution is 0.457. The molecule has 2 aromatic carbocycles. The van der Waals surface area contributed by atoms with E-state index in [0.29, 0.717) is 11.4 Å². The minimum absolute atomic E-state index is 0.595. The van der Waals surface area contributed by atoms with E-state index in [9.17, 15) is 0 Å². The van der Waals surface area contributed by atoms with E-state index in [0.717, 1.165) is 39.0 Å². The van der Waals surface area contributed by atoms with Crippen LogP contribution < -0.4 is 7.58 Å². The molecule has 4 nitrogen and oxygen atoms in total. The van der Waals surface area contributed by atoms with E-state index in [1.807, 2.05) is 58.0 Å². The van der Waals surface area contributed by atoms with Gasteiger partial charge < -0.3 is 7.58 Å². The number of aromatic nitrogens is 1. The molecule has 3 aromatic rings. The first kappa shape index (κ1) is 17.3. The fraction of sp³-hybridized carbons (Fsp3) is 0.200. The second kappa shape index (κ2) is 7.15. The third-order valence-electron chi connectivity index (χ3n) is 4.10. The van der Waals surface area contributed by atoms with Crippen LogP contribution in [0.5, 0.6) is 11.5 Å². The summed E-state index contributed by atoms with van der Waals surface area (Å²) in [7, 11) is 0. The SMILES string of the molecule is [C-]#[N+]c1ccc([O][Al][O]c2c(C)cccc2C)c2nc(C)cc(C)c12. The molecule has 0 unspecified atom stereocenters. The number of hydrogen-bond acceptors (Lipinski definition) is 3. The highest BCUT2D eigenvalue weighted by Gasteiger charge is 2.15. The van der Waals surface area contributed by atoms with Crippen LogP contribution in [-0.4, -0.2) is 20.9 Å². The van der Waals surface area contributed by atoms with Crippen LogP contribution >= 0.6 is 0 Å². The average Bonchev–Trinajstić information content (AvgIpc) is 2.57. The Morgan fingerprint density at radius 1 is 0.960 bits per heavy atom. The van der Waals surface area contributed by atoms with Crippen molar-refractivity contribution in [3.05, 3.63) is 70.2 Å². The lowest BCUT2D eigenvalue weighted by atomic mass is 10.1. The van der Waals surface area contributed by atoms with Crippen molar-refractivity contribution in [3.63, 3.8) is 0 Å². The van der Waals surface area contributed by atoms with Crippen molar-refractivity contribution in [2.24, 2.45) is 0 Å². The van der Waals surface area contributed by atoms with Crippen LogP contribution in [0.3, 0.4) is 0 Å². The third kappa shape index (κ3) is 3.47. The van der Waals surface area contributed by atoms with Gasteiger partial charge in [0.15, 0.2) is 5.69 Å². The number of benzene rings is 2. The second-order valence-electron chi connectivity index (χ2n) is 6.05. The maximum atomic E-state index is 7.38. The summed E-state index contributed by atoms with van der Waals surface area (Å²) in [5.74, 6) is 1.54. The molecule has 0 N–H and O–H groups in total. The smallest absolute Gasteiger partial charge is 0.615 e. The van der Waals surface area contributed by atoms with Crippen molar-refractivity contribution >= 4 is 32.5 Å². The summed E-state index contributed by atoms with van der Waals surface area (Å²) in [4.78, 5) is 8.21. The van der Waals surface area contributed by atoms with Gasteiger partial charge in [-0.25, -0.2) is 4.85 Å². The lowest BCUT2D eigenvalue weighted by Gasteiger charge is -2.15. The monoisotopic (exact) mass is 345 g/mol. The first-order valence-corrected chi connectivity index (χ1v) is 8.95. The number of pyridine rings is 1. The van der Waals surface area contributed by atoms with Gasteiger partial charge in [0, 0.05) is 11.1 Å². The van der Waals surface area contributed by atoms with Crippen molar-refractivity contribution in [2.75, 3.05) is 0 Å². The molecule has 0 atom stereocenters. The lowest BCUT2D eigenvalue weighted by Crippen LogP contribution is -2.13. The van der Waals surface area contributed by atoms with Gasteiger partial charge in [-0.15, -0.1) is 0 Å². The molecular formula is C20H18AlN2O2. The van der Waals surface area contributed by atoms with Crippen LogP contribution in [0.25, 0.3) is 15.7 Å². The van der Waals surface area contributed by atoms with Gasteiger partial charge in [0.2, 0.25) is 0 Å². The Bertz CT molecular complexity index is 973. The van der Waals surface area contributed by atoms with Crippen LogP contribution in [0.15, 0.2) is 36.4 Å². The van der Waals surface area contributed by atoms with E-state index in [1.165, 1.54) is 0 Å². The van der Waals surface area contributed by atoms with Gasteiger partial charge in [-0.2, -0.15) is 0 Å². The van der Waals surface area contributed by atoms with E-state index < -0.39 is 15.9 Å². The van der Waals surface area contributed by atoms with Crippen molar-refractivity contribution in [2.45, 2.75) is 27.7 Å². The van der Waals surface area contributed by atoms with Crippen molar-refractivity contribution in [1.82, 2.24) is 4.98 Å². The van der Waals surface area contributed by atoms with E-state index in [2.05, 4.69) is 9.83 Å². The zero-order valence-corrected chi connectivity index (χ0v) is 15.9. The van der Waals surface area contributed by atoms with Crippen LogP contribution in [0.1, 0.15) is 22.4 Å². The zero-order chi connectivity index (χ0) is 18.0. The van der Waals surface area contributed by atoms with Gasteiger partial charge in [-0.05, 0) is 51.0 Å². The van der Waals surface area contributed by atoms with Crippen molar-refractivity contribution in [1.29, 1.82) is 0 Å². The molecule has 1 aromatic heterocycles. The highest BCUT2D eigenvalue weighted by Crippen LogP contribution is 2.34. The zero-order valence-electron chi connectivity index (χ0n) is 14.8. The minimum atomic E-state index is -0.730. The molecule has 0 aliphatic carbocycles. The van der Waals surface area contributed by atoms with Gasteiger partial charge in [-0.1, -0.05) is 29.8 Å². The maximum Gasteiger partial charge on any atom is 0.881 e. The van der Waals surface area contributed by atoms with Crippen molar-refractivity contribution in [3.8, 4) is 11.5 Å². The Hall–Kier alpha value is -2.53. The topological polar surface area (TPSA) is 35.7 Å². The predicted octanol–water partition coefficient (Wildman–Crippen LogP) is 5.01. The number of para-hydroxylation sites is 1. The summed E-state index contributed by atoms with van der Waals surface area (Å²) in [5, 5.41) is 0.851. The molecule has 0 saturated carbocycles. The molecule has 123 valence electrons. The number of hydrogen-bond donors (Lipinski definition) is 0. The highest BCUT2D eigenvalue weighted by atomic mass is 27.2. The summed E-state index contributed by atoms with van der Waals surface area (Å²) in [5.41, 5.74) is 5.44. The maximum absolute atomic E-state index is 7.38. The summed E-state index contributed by atoms with van der Waals surface area (Å²) in [6.07, 6.45) is 0. The molecule has 0 aliphatic rings. The largest absolute Gasteiger partial charge is 0.881 e. The molecule has 0 fully saturated rings. The molecule has 1 heterocycles. The molecule has 1 radical (unpaired) electrons. The Kier molecular flexibility index (Phi) is 4.95. The quantitative estimate of drug-likeness (QED) is 0.492. The molecule has 0 bridgehead atoms. The molecule has 0 aliphatic heterocycles.